The zero-order valence-electron chi connectivity index (χ0n) is 27.9. The molecule has 0 aromatic heterocycles. The van der Waals surface area contributed by atoms with E-state index in [1.807, 2.05) is 66.7 Å². The molecule has 51 heavy (non-hydrogen) atoms. The first-order chi connectivity index (χ1) is 24.7. The van der Waals surface area contributed by atoms with E-state index in [1.165, 1.54) is 25.2 Å². The van der Waals surface area contributed by atoms with Crippen molar-refractivity contribution in [2.45, 2.75) is 24.2 Å². The number of aromatic hydroxyl groups is 1. The van der Waals surface area contributed by atoms with Gasteiger partial charge in [0.15, 0.2) is 23.1 Å². The van der Waals surface area contributed by atoms with Crippen molar-refractivity contribution in [2.75, 3.05) is 19.1 Å². The molecule has 4 aliphatic rings. The van der Waals surface area contributed by atoms with Gasteiger partial charge in [0.05, 0.1) is 37.2 Å². The van der Waals surface area contributed by atoms with E-state index in [2.05, 4.69) is 0 Å². The summed E-state index contributed by atoms with van der Waals surface area (Å²) in [4.78, 5) is 60.1. The number of hydrogen-bond donors (Lipinski definition) is 1. The lowest BCUT2D eigenvalue weighted by molar-refractivity contribution is -0.135. The van der Waals surface area contributed by atoms with Crippen LogP contribution in [0.15, 0.2) is 115 Å². The van der Waals surface area contributed by atoms with Gasteiger partial charge in [-0.25, -0.2) is 0 Å². The smallest absolute Gasteiger partial charge is 0.238 e. The van der Waals surface area contributed by atoms with Crippen LogP contribution in [0.25, 0.3) is 5.57 Å². The highest BCUT2D eigenvalue weighted by atomic mass is 35.5. The lowest BCUT2D eigenvalue weighted by Gasteiger charge is -2.55. The number of halogens is 1. The van der Waals surface area contributed by atoms with E-state index < -0.39 is 35.0 Å². The zero-order valence-corrected chi connectivity index (χ0v) is 28.7. The van der Waals surface area contributed by atoms with Gasteiger partial charge in [-0.3, -0.25) is 24.1 Å². The standard InChI is InChI=1S/C42H34ClNO7/c1-50-33-19-24(20-34(51-2)39(33)47)37-28-17-18-29-36(41(49)44(40(29)48)27-15-13-26(43)14-16-27)31(28)21-32-38(46)30(23-9-5-3-6-10-23)22-35(45)42(32,37)25-11-7-4-8-12-25/h3-17,19-20,22,29,31-32,36-37,47H,18,21H2,1-2H3/t29-,31+,32-,36-,37-,42-/m0/s1. The van der Waals surface area contributed by atoms with Gasteiger partial charge in [-0.15, -0.1) is 0 Å². The fourth-order valence-electron chi connectivity index (χ4n) is 9.17. The van der Waals surface area contributed by atoms with Gasteiger partial charge >= 0.3 is 0 Å². The van der Waals surface area contributed by atoms with E-state index in [1.54, 1.807) is 36.4 Å². The molecule has 9 heteroatoms. The van der Waals surface area contributed by atoms with Crippen LogP contribution in [0.3, 0.4) is 0 Å². The fraction of sp³-hybridized carbons (Fsp3) is 0.238. The number of allylic oxidation sites excluding steroid dienone is 4. The van der Waals surface area contributed by atoms with Crippen LogP contribution in [0.2, 0.25) is 5.02 Å². The molecule has 1 aliphatic heterocycles. The molecule has 2 amide bonds. The van der Waals surface area contributed by atoms with E-state index in [-0.39, 0.29) is 53.5 Å². The summed E-state index contributed by atoms with van der Waals surface area (Å²) in [6.45, 7) is 0. The maximum absolute atomic E-state index is 15.2. The van der Waals surface area contributed by atoms with E-state index in [0.717, 1.165) is 5.57 Å². The summed E-state index contributed by atoms with van der Waals surface area (Å²) in [5.41, 5.74) is 1.98. The van der Waals surface area contributed by atoms with Crippen LogP contribution < -0.4 is 14.4 Å². The second-order valence-corrected chi connectivity index (χ2v) is 14.0. The Labute approximate surface area is 299 Å². The Morgan fingerprint density at radius 3 is 2.06 bits per heavy atom. The lowest BCUT2D eigenvalue weighted by atomic mass is 9.44. The van der Waals surface area contributed by atoms with Crippen LogP contribution >= 0.6 is 11.6 Å². The minimum Gasteiger partial charge on any atom is -0.502 e. The Morgan fingerprint density at radius 2 is 1.43 bits per heavy atom. The molecule has 0 bridgehead atoms. The van der Waals surface area contributed by atoms with Crippen molar-refractivity contribution in [3.63, 3.8) is 0 Å². The molecular formula is C42H34ClNO7. The molecule has 0 unspecified atom stereocenters. The van der Waals surface area contributed by atoms with Crippen LogP contribution in [-0.4, -0.2) is 42.7 Å². The van der Waals surface area contributed by atoms with Gasteiger partial charge in [-0.05, 0) is 77.9 Å². The number of fused-ring (bicyclic) bond motifs is 4. The number of hydrogen-bond acceptors (Lipinski definition) is 7. The van der Waals surface area contributed by atoms with Crippen LogP contribution in [0.1, 0.15) is 35.4 Å². The van der Waals surface area contributed by atoms with Crippen molar-refractivity contribution in [1.29, 1.82) is 0 Å². The molecule has 1 N–H and O–H groups in total. The van der Waals surface area contributed by atoms with Crippen molar-refractivity contribution in [1.82, 2.24) is 0 Å². The largest absolute Gasteiger partial charge is 0.502 e. The van der Waals surface area contributed by atoms with Gasteiger partial charge in [0.25, 0.3) is 0 Å². The van der Waals surface area contributed by atoms with Gasteiger partial charge < -0.3 is 14.6 Å². The van der Waals surface area contributed by atoms with E-state index >= 15 is 9.59 Å². The highest BCUT2D eigenvalue weighted by molar-refractivity contribution is 6.32. The average Bonchev–Trinajstić information content (AvgIpc) is 3.42. The summed E-state index contributed by atoms with van der Waals surface area (Å²) in [5, 5.41) is 11.4. The van der Waals surface area contributed by atoms with Crippen molar-refractivity contribution < 1.29 is 33.8 Å². The monoisotopic (exact) mass is 699 g/mol. The molecule has 6 atom stereocenters. The Balaban J connectivity index is 1.39. The minimum absolute atomic E-state index is 0.136. The summed E-state index contributed by atoms with van der Waals surface area (Å²) in [5.74, 6) is -4.69. The number of rotatable bonds is 6. The zero-order chi connectivity index (χ0) is 35.6. The quantitative estimate of drug-likeness (QED) is 0.169. The van der Waals surface area contributed by atoms with Crippen molar-refractivity contribution >= 4 is 46.2 Å². The number of amides is 2. The molecule has 2 fully saturated rings. The molecule has 8 nitrogen and oxygen atoms in total. The molecule has 3 aliphatic carbocycles. The molecule has 1 saturated heterocycles. The molecule has 4 aromatic rings. The van der Waals surface area contributed by atoms with Crippen molar-refractivity contribution in [2.24, 2.45) is 23.7 Å². The average molecular weight is 700 g/mol. The van der Waals surface area contributed by atoms with E-state index in [9.17, 15) is 14.7 Å². The first-order valence-electron chi connectivity index (χ1n) is 16.9. The van der Waals surface area contributed by atoms with Gasteiger partial charge in [0, 0.05) is 22.4 Å². The third-order valence-corrected chi connectivity index (χ3v) is 11.5. The number of benzene rings is 4. The lowest BCUT2D eigenvalue weighted by Crippen LogP contribution is -2.58. The molecule has 0 spiro atoms. The van der Waals surface area contributed by atoms with Crippen LogP contribution in [-0.2, 0) is 24.6 Å². The third-order valence-electron chi connectivity index (χ3n) is 11.3. The van der Waals surface area contributed by atoms with E-state index in [4.69, 9.17) is 21.1 Å². The Kier molecular flexibility index (Phi) is 7.95. The number of anilines is 1. The number of carbonyl (C=O) groups is 4. The summed E-state index contributed by atoms with van der Waals surface area (Å²) in [7, 11) is 2.86. The van der Waals surface area contributed by atoms with Gasteiger partial charge in [-0.2, -0.15) is 0 Å². The summed E-state index contributed by atoms with van der Waals surface area (Å²) in [6.07, 6.45) is 3.92. The van der Waals surface area contributed by atoms with Crippen LogP contribution in [0.4, 0.5) is 5.69 Å². The first kappa shape index (κ1) is 32.7. The predicted octanol–water partition coefficient (Wildman–Crippen LogP) is 7.09. The van der Waals surface area contributed by atoms with Gasteiger partial charge in [-0.1, -0.05) is 83.9 Å². The number of carbonyl (C=O) groups excluding carboxylic acids is 4. The van der Waals surface area contributed by atoms with Crippen molar-refractivity contribution in [3.8, 4) is 17.2 Å². The second-order valence-electron chi connectivity index (χ2n) is 13.5. The summed E-state index contributed by atoms with van der Waals surface area (Å²) in [6, 6.07) is 28.4. The summed E-state index contributed by atoms with van der Waals surface area (Å²) < 4.78 is 11.2. The van der Waals surface area contributed by atoms with Crippen molar-refractivity contribution in [3.05, 3.63) is 137 Å². The Hall–Kier alpha value is -5.47. The molecule has 8 rings (SSSR count). The van der Waals surface area contributed by atoms with Gasteiger partial charge in [0.1, 0.15) is 0 Å². The molecule has 0 radical (unpaired) electrons. The van der Waals surface area contributed by atoms with E-state index in [0.29, 0.717) is 33.0 Å². The fourth-order valence-corrected chi connectivity index (χ4v) is 9.30. The number of ketones is 2. The van der Waals surface area contributed by atoms with Crippen LogP contribution in [0, 0.1) is 23.7 Å². The SMILES string of the molecule is COc1cc([C@H]2C3=CC[C@@H]4C(=O)N(c5ccc(Cl)cc5)C(=O)[C@@H]4[C@@H]3C[C@H]3C(=O)C(c4ccccc4)=CC(=O)[C@@]23c2ccccc2)cc(OC)c1O. The number of phenols is 1. The minimum atomic E-state index is -1.43. The Morgan fingerprint density at radius 1 is 0.804 bits per heavy atom. The number of nitrogens with zero attached hydrogens (tertiary/aromatic N) is 1. The molecule has 1 heterocycles. The number of Topliss-reactive ketones (excluding diaryl/α,β-unsaturated/α-hetero) is 1. The summed E-state index contributed by atoms with van der Waals surface area (Å²) >= 11 is 6.15. The number of phenolic OH excluding ortho intramolecular Hbond substituents is 1. The highest BCUT2D eigenvalue weighted by Crippen LogP contribution is 2.64. The molecule has 1 saturated carbocycles. The Bertz CT molecular complexity index is 2140. The first-order valence-corrected chi connectivity index (χ1v) is 17.3. The number of imide groups is 1. The molecule has 4 aromatic carbocycles. The molecular weight excluding hydrogens is 666 g/mol. The predicted molar refractivity (Wildman–Crippen MR) is 192 cm³/mol. The normalized spacial score (nSPS) is 26.9. The topological polar surface area (TPSA) is 110 Å². The second kappa shape index (κ2) is 12.4. The number of ether oxygens (including phenoxy) is 2. The van der Waals surface area contributed by atoms with Crippen LogP contribution in [0.5, 0.6) is 17.2 Å². The number of methoxy groups -OCH3 is 2. The maximum Gasteiger partial charge on any atom is 0.238 e. The maximum atomic E-state index is 15.2. The third kappa shape index (κ3) is 4.80. The highest BCUT2D eigenvalue weighted by Gasteiger charge is 2.66. The van der Waals surface area contributed by atoms with Gasteiger partial charge in [0.2, 0.25) is 17.6 Å². The molecule has 256 valence electrons.